The monoisotopic (exact) mass is 449 g/mol. The molecule has 0 spiro atoms. The van der Waals surface area contributed by atoms with Gasteiger partial charge in [-0.25, -0.2) is 14.3 Å². The number of aromatic nitrogens is 4. The molecule has 8 heteroatoms. The van der Waals surface area contributed by atoms with Gasteiger partial charge in [0, 0.05) is 12.1 Å². The molecule has 2 fully saturated rings. The van der Waals surface area contributed by atoms with E-state index in [-0.39, 0.29) is 24.5 Å². The number of imidazole rings is 1. The summed E-state index contributed by atoms with van der Waals surface area (Å²) >= 11 is 0. The van der Waals surface area contributed by atoms with Gasteiger partial charge in [0.1, 0.15) is 6.54 Å². The molecular formula is C25H31N5O3. The SMILES string of the molecule is O=C(Cn1c(=O)c2c(ncn2C2CCCC2)n(Cc2ccccc2)c1=O)NC1CCCCC1. The van der Waals surface area contributed by atoms with E-state index in [1.165, 1.54) is 11.0 Å². The highest BCUT2D eigenvalue weighted by Crippen LogP contribution is 2.31. The molecule has 0 unspecified atom stereocenters. The summed E-state index contributed by atoms with van der Waals surface area (Å²) in [6.45, 7) is 0.0249. The van der Waals surface area contributed by atoms with Gasteiger partial charge in [-0.3, -0.25) is 14.2 Å². The molecule has 1 aromatic carbocycles. The summed E-state index contributed by atoms with van der Waals surface area (Å²) in [5.74, 6) is -0.279. The highest BCUT2D eigenvalue weighted by Gasteiger charge is 2.25. The third kappa shape index (κ3) is 4.38. The number of nitrogens with zero attached hydrogens (tertiary/aromatic N) is 4. The molecule has 1 N–H and O–H groups in total. The van der Waals surface area contributed by atoms with Gasteiger partial charge in [0.2, 0.25) is 5.91 Å². The zero-order chi connectivity index (χ0) is 22.8. The lowest BCUT2D eigenvalue weighted by molar-refractivity contribution is -0.122. The van der Waals surface area contributed by atoms with Gasteiger partial charge in [0.15, 0.2) is 11.2 Å². The number of rotatable bonds is 6. The standard InChI is InChI=1S/C25H31N5O3/c31-21(27-19-11-5-2-6-12-19)16-29-24(32)22-23(26-17-30(22)20-13-7-8-14-20)28(25(29)33)15-18-9-3-1-4-10-18/h1,3-4,9-10,17,19-20H,2,5-8,11-16H2,(H,27,31). The summed E-state index contributed by atoms with van der Waals surface area (Å²) in [6.07, 6.45) is 11.2. The molecule has 174 valence electrons. The fourth-order valence-electron chi connectivity index (χ4n) is 5.38. The lowest BCUT2D eigenvalue weighted by atomic mass is 9.95. The fraction of sp³-hybridized carbons (Fsp3) is 0.520. The number of carbonyl (C=O) groups excluding carboxylic acids is 1. The molecule has 2 heterocycles. The van der Waals surface area contributed by atoms with E-state index in [1.807, 2.05) is 34.9 Å². The van der Waals surface area contributed by atoms with Crippen molar-refractivity contribution < 1.29 is 4.79 Å². The average Bonchev–Trinajstić information content (AvgIpc) is 3.51. The Labute approximate surface area is 192 Å². The van der Waals surface area contributed by atoms with E-state index in [2.05, 4.69) is 10.3 Å². The summed E-state index contributed by atoms with van der Waals surface area (Å²) < 4.78 is 4.56. The van der Waals surface area contributed by atoms with E-state index < -0.39 is 11.2 Å². The molecule has 8 nitrogen and oxygen atoms in total. The Kier molecular flexibility index (Phi) is 6.15. The van der Waals surface area contributed by atoms with E-state index in [4.69, 9.17) is 0 Å². The van der Waals surface area contributed by atoms with Crippen molar-refractivity contribution in [3.8, 4) is 0 Å². The van der Waals surface area contributed by atoms with Crippen LogP contribution in [0.15, 0.2) is 46.2 Å². The molecule has 0 atom stereocenters. The first-order valence-electron chi connectivity index (χ1n) is 12.2. The lowest BCUT2D eigenvalue weighted by Gasteiger charge is -2.23. The van der Waals surface area contributed by atoms with Crippen molar-refractivity contribution in [1.29, 1.82) is 0 Å². The van der Waals surface area contributed by atoms with Crippen molar-refractivity contribution in [2.45, 2.75) is 83.0 Å². The van der Waals surface area contributed by atoms with Gasteiger partial charge in [0.25, 0.3) is 5.56 Å². The fourth-order valence-corrected chi connectivity index (χ4v) is 5.38. The van der Waals surface area contributed by atoms with E-state index in [9.17, 15) is 14.4 Å². The predicted molar refractivity (Wildman–Crippen MR) is 126 cm³/mol. The van der Waals surface area contributed by atoms with E-state index >= 15 is 0 Å². The van der Waals surface area contributed by atoms with Crippen LogP contribution in [-0.2, 0) is 17.9 Å². The second-order valence-electron chi connectivity index (χ2n) is 9.41. The molecule has 2 aromatic heterocycles. The molecule has 0 saturated heterocycles. The number of benzene rings is 1. The van der Waals surface area contributed by atoms with Gasteiger partial charge < -0.3 is 9.88 Å². The number of nitrogens with one attached hydrogen (secondary N) is 1. The van der Waals surface area contributed by atoms with Crippen LogP contribution in [-0.4, -0.2) is 30.6 Å². The van der Waals surface area contributed by atoms with E-state index in [0.717, 1.165) is 61.5 Å². The molecule has 33 heavy (non-hydrogen) atoms. The Balaban J connectivity index is 1.56. The first kappa shape index (κ1) is 21.7. The smallest absolute Gasteiger partial charge is 0.333 e. The van der Waals surface area contributed by atoms with Crippen molar-refractivity contribution >= 4 is 17.1 Å². The highest BCUT2D eigenvalue weighted by molar-refractivity contribution is 5.77. The van der Waals surface area contributed by atoms with Crippen LogP contribution >= 0.6 is 0 Å². The number of carbonyl (C=O) groups is 1. The Morgan fingerprint density at radius 3 is 2.36 bits per heavy atom. The molecule has 2 aliphatic carbocycles. The second kappa shape index (κ2) is 9.37. The zero-order valence-electron chi connectivity index (χ0n) is 18.9. The van der Waals surface area contributed by atoms with Crippen LogP contribution in [0.3, 0.4) is 0 Å². The summed E-state index contributed by atoms with van der Waals surface area (Å²) in [6, 6.07) is 9.98. The maximum Gasteiger partial charge on any atom is 0.333 e. The molecule has 5 rings (SSSR count). The van der Waals surface area contributed by atoms with Crippen molar-refractivity contribution in [2.75, 3.05) is 0 Å². The Morgan fingerprint density at radius 2 is 1.64 bits per heavy atom. The van der Waals surface area contributed by atoms with Crippen molar-refractivity contribution in [1.82, 2.24) is 24.0 Å². The largest absolute Gasteiger partial charge is 0.352 e. The van der Waals surface area contributed by atoms with Gasteiger partial charge in [-0.15, -0.1) is 0 Å². The Morgan fingerprint density at radius 1 is 0.939 bits per heavy atom. The van der Waals surface area contributed by atoms with Gasteiger partial charge in [0.05, 0.1) is 12.9 Å². The van der Waals surface area contributed by atoms with Gasteiger partial charge >= 0.3 is 5.69 Å². The van der Waals surface area contributed by atoms with Gasteiger partial charge in [-0.1, -0.05) is 62.4 Å². The first-order valence-corrected chi connectivity index (χ1v) is 12.2. The number of hydrogen-bond acceptors (Lipinski definition) is 4. The zero-order valence-corrected chi connectivity index (χ0v) is 18.9. The summed E-state index contributed by atoms with van der Waals surface area (Å²) in [4.78, 5) is 44.3. The topological polar surface area (TPSA) is 90.9 Å². The summed E-state index contributed by atoms with van der Waals surface area (Å²) in [5.41, 5.74) is 0.829. The van der Waals surface area contributed by atoms with Gasteiger partial charge in [-0.2, -0.15) is 0 Å². The van der Waals surface area contributed by atoms with Crippen molar-refractivity contribution in [2.24, 2.45) is 0 Å². The lowest BCUT2D eigenvalue weighted by Crippen LogP contribution is -2.46. The van der Waals surface area contributed by atoms with Gasteiger partial charge in [-0.05, 0) is 31.2 Å². The molecule has 2 aliphatic rings. The van der Waals surface area contributed by atoms with Crippen LogP contribution in [0.4, 0.5) is 0 Å². The van der Waals surface area contributed by atoms with Crippen LogP contribution in [0.1, 0.15) is 69.4 Å². The number of fused-ring (bicyclic) bond motifs is 1. The predicted octanol–water partition coefficient (Wildman–Crippen LogP) is 2.97. The Hall–Kier alpha value is -3.16. The van der Waals surface area contributed by atoms with Crippen LogP contribution in [0, 0.1) is 0 Å². The van der Waals surface area contributed by atoms with E-state index in [0.29, 0.717) is 17.7 Å². The molecule has 1 amide bonds. The number of amides is 1. The average molecular weight is 450 g/mol. The normalized spacial score (nSPS) is 17.6. The molecule has 0 radical (unpaired) electrons. The Bertz CT molecular complexity index is 1240. The van der Waals surface area contributed by atoms with Crippen molar-refractivity contribution in [3.63, 3.8) is 0 Å². The third-order valence-electron chi connectivity index (χ3n) is 7.11. The first-order chi connectivity index (χ1) is 16.1. The second-order valence-corrected chi connectivity index (χ2v) is 9.41. The highest BCUT2D eigenvalue weighted by atomic mass is 16.2. The summed E-state index contributed by atoms with van der Waals surface area (Å²) in [5, 5.41) is 3.03. The molecule has 2 saturated carbocycles. The molecule has 0 bridgehead atoms. The van der Waals surface area contributed by atoms with Crippen LogP contribution in [0.25, 0.3) is 11.2 Å². The quantitative estimate of drug-likeness (QED) is 0.626. The minimum Gasteiger partial charge on any atom is -0.352 e. The van der Waals surface area contributed by atoms with Crippen LogP contribution in [0.2, 0.25) is 0 Å². The minimum atomic E-state index is -0.494. The maximum absolute atomic E-state index is 13.5. The van der Waals surface area contributed by atoms with E-state index in [1.54, 1.807) is 6.33 Å². The van der Waals surface area contributed by atoms with Crippen LogP contribution < -0.4 is 16.6 Å². The van der Waals surface area contributed by atoms with Crippen molar-refractivity contribution in [3.05, 3.63) is 63.1 Å². The number of hydrogen-bond donors (Lipinski definition) is 1. The molecule has 0 aliphatic heterocycles. The molecule has 3 aromatic rings. The maximum atomic E-state index is 13.5. The molecular weight excluding hydrogens is 418 g/mol. The van der Waals surface area contributed by atoms with Crippen LogP contribution in [0.5, 0.6) is 0 Å². The summed E-state index contributed by atoms with van der Waals surface area (Å²) in [7, 11) is 0. The third-order valence-corrected chi connectivity index (χ3v) is 7.11. The minimum absolute atomic E-state index is 0.126.